The summed E-state index contributed by atoms with van der Waals surface area (Å²) in [6.07, 6.45) is -1.20. The van der Waals surface area contributed by atoms with Crippen molar-refractivity contribution in [2.24, 2.45) is 5.92 Å². The van der Waals surface area contributed by atoms with E-state index in [4.69, 9.17) is 9.47 Å². The molecule has 6 amide bonds. The van der Waals surface area contributed by atoms with Gasteiger partial charge in [0.2, 0.25) is 29.5 Å². The molecule has 9 atom stereocenters. The van der Waals surface area contributed by atoms with E-state index in [9.17, 15) is 49.2 Å². The Labute approximate surface area is 354 Å². The molecular weight excluding hydrogens is 814 g/mol. The summed E-state index contributed by atoms with van der Waals surface area (Å²) >= 11 is 0. The SMILES string of the molecule is CC(C)[C@H](NC(=O)CCN1C(=O)C=CC1O)C(=O)N[C@@H](C)C(=O)Nc1ccc(COC(=O)N2CC[C@@H](O)[C@@H]2C(=O)N[C@@H]2C[C@H](O)[C@@H](Nc3ncnc4nc[nH]c34)O[C@H]2CO)cc1. The smallest absolute Gasteiger partial charge is 0.410 e. The van der Waals surface area contributed by atoms with Gasteiger partial charge >= 0.3 is 6.09 Å². The third-order valence-electron chi connectivity index (χ3n) is 10.7. The predicted octanol–water partition coefficient (Wildman–Crippen LogP) is -1.82. The molecule has 1 unspecified atom stereocenters. The highest BCUT2D eigenvalue weighted by atomic mass is 16.6. The second kappa shape index (κ2) is 20.1. The van der Waals surface area contributed by atoms with E-state index in [0.717, 1.165) is 9.80 Å². The number of aliphatic hydroxyl groups is 4. The van der Waals surface area contributed by atoms with Gasteiger partial charge in [-0.1, -0.05) is 26.0 Å². The first-order chi connectivity index (χ1) is 29.6. The quantitative estimate of drug-likeness (QED) is 0.0758. The number of fused-ring (bicyclic) bond motifs is 1. The average molecular weight is 866 g/mol. The summed E-state index contributed by atoms with van der Waals surface area (Å²) < 4.78 is 11.4. The van der Waals surface area contributed by atoms with Gasteiger partial charge in [-0.3, -0.25) is 28.9 Å². The van der Waals surface area contributed by atoms with Crippen molar-refractivity contribution in [3.05, 3.63) is 54.6 Å². The van der Waals surface area contributed by atoms with Gasteiger partial charge in [-0.05, 0) is 43.0 Å². The minimum Gasteiger partial charge on any atom is -0.445 e. The van der Waals surface area contributed by atoms with Gasteiger partial charge in [0.1, 0.15) is 55.0 Å². The van der Waals surface area contributed by atoms with Gasteiger partial charge in [0, 0.05) is 37.7 Å². The number of nitrogens with zero attached hydrogens (tertiary/aromatic N) is 5. The van der Waals surface area contributed by atoms with Gasteiger partial charge in [0.25, 0.3) is 0 Å². The zero-order valence-corrected chi connectivity index (χ0v) is 34.1. The Balaban J connectivity index is 0.949. The van der Waals surface area contributed by atoms with Crippen LogP contribution in [0.3, 0.4) is 0 Å². The maximum absolute atomic E-state index is 13.5. The lowest BCUT2D eigenvalue weighted by Crippen LogP contribution is -2.60. The normalized spacial score (nSPS) is 24.5. The van der Waals surface area contributed by atoms with E-state index in [2.05, 4.69) is 46.5 Å². The first-order valence-electron chi connectivity index (χ1n) is 20.1. The Morgan fingerprint density at radius 1 is 1.00 bits per heavy atom. The van der Waals surface area contributed by atoms with E-state index < -0.39 is 97.2 Å². The summed E-state index contributed by atoms with van der Waals surface area (Å²) in [5.74, 6) is -2.84. The molecular formula is C39H51N11O12. The molecule has 3 aliphatic rings. The van der Waals surface area contributed by atoms with Crippen LogP contribution in [0.2, 0.25) is 0 Å². The molecule has 2 aromatic heterocycles. The molecule has 62 heavy (non-hydrogen) atoms. The average Bonchev–Trinajstić information content (AvgIpc) is 3.97. The molecule has 2 fully saturated rings. The lowest BCUT2D eigenvalue weighted by atomic mass is 9.98. The fourth-order valence-electron chi connectivity index (χ4n) is 7.21. The van der Waals surface area contributed by atoms with Crippen molar-refractivity contribution in [2.75, 3.05) is 30.3 Å². The van der Waals surface area contributed by atoms with E-state index >= 15 is 0 Å². The molecule has 3 aliphatic heterocycles. The van der Waals surface area contributed by atoms with Crippen LogP contribution in [0.25, 0.3) is 11.2 Å². The van der Waals surface area contributed by atoms with Crippen molar-refractivity contribution >= 4 is 58.3 Å². The molecule has 23 heteroatoms. The number of likely N-dealkylation sites (tertiary alicyclic amines) is 1. The Bertz CT molecular complexity index is 2130. The molecule has 3 aromatic rings. The number of carbonyl (C=O) groups excluding carboxylic acids is 6. The number of nitrogens with one attached hydrogen (secondary N) is 6. The summed E-state index contributed by atoms with van der Waals surface area (Å²) in [5.41, 5.74) is 1.77. The predicted molar refractivity (Wildman–Crippen MR) is 216 cm³/mol. The monoisotopic (exact) mass is 865 g/mol. The van der Waals surface area contributed by atoms with Crippen molar-refractivity contribution in [2.45, 2.75) is 102 Å². The van der Waals surface area contributed by atoms with Crippen LogP contribution in [0.5, 0.6) is 0 Å². The van der Waals surface area contributed by atoms with Crippen molar-refractivity contribution in [1.29, 1.82) is 0 Å². The largest absolute Gasteiger partial charge is 0.445 e. The van der Waals surface area contributed by atoms with Gasteiger partial charge in [-0.25, -0.2) is 19.7 Å². The molecule has 0 saturated carbocycles. The number of H-pyrrole nitrogens is 1. The fourth-order valence-corrected chi connectivity index (χ4v) is 7.21. The van der Waals surface area contributed by atoms with Crippen LogP contribution in [0.15, 0.2) is 49.1 Å². The van der Waals surface area contributed by atoms with Crippen molar-refractivity contribution in [1.82, 2.24) is 45.7 Å². The molecule has 1 aromatic carbocycles. The highest BCUT2D eigenvalue weighted by molar-refractivity contribution is 5.98. The molecule has 0 radical (unpaired) electrons. The Morgan fingerprint density at radius 2 is 1.76 bits per heavy atom. The molecule has 6 rings (SSSR count). The molecule has 23 nitrogen and oxygen atoms in total. The van der Waals surface area contributed by atoms with Gasteiger partial charge in [0.15, 0.2) is 17.7 Å². The van der Waals surface area contributed by atoms with Gasteiger partial charge in [-0.15, -0.1) is 0 Å². The van der Waals surface area contributed by atoms with E-state index in [0.29, 0.717) is 28.2 Å². The Morgan fingerprint density at radius 3 is 2.45 bits per heavy atom. The fraction of sp³-hybridized carbons (Fsp3) is 0.513. The number of anilines is 2. The van der Waals surface area contributed by atoms with Gasteiger partial charge in [-0.2, -0.15) is 0 Å². The van der Waals surface area contributed by atoms with E-state index in [1.54, 1.807) is 38.1 Å². The van der Waals surface area contributed by atoms with Crippen LogP contribution in [-0.2, 0) is 40.1 Å². The number of ether oxygens (including phenoxy) is 2. The summed E-state index contributed by atoms with van der Waals surface area (Å²) in [5, 5.41) is 55.2. The van der Waals surface area contributed by atoms with Crippen LogP contribution < -0.4 is 26.6 Å². The topological polar surface area (TPSA) is 323 Å². The number of rotatable bonds is 16. The number of hydrogen-bond donors (Lipinski definition) is 10. The molecule has 5 heterocycles. The van der Waals surface area contributed by atoms with Crippen LogP contribution in [0, 0.1) is 5.92 Å². The molecule has 2 saturated heterocycles. The lowest BCUT2D eigenvalue weighted by molar-refractivity contribution is -0.145. The Kier molecular flexibility index (Phi) is 14.7. The van der Waals surface area contributed by atoms with Crippen molar-refractivity contribution in [3.8, 4) is 0 Å². The number of benzene rings is 1. The minimum atomic E-state index is -1.32. The summed E-state index contributed by atoms with van der Waals surface area (Å²) in [7, 11) is 0. The van der Waals surface area contributed by atoms with Crippen molar-refractivity contribution in [3.63, 3.8) is 0 Å². The highest BCUT2D eigenvalue weighted by Crippen LogP contribution is 2.26. The van der Waals surface area contributed by atoms with E-state index in [1.165, 1.54) is 31.7 Å². The van der Waals surface area contributed by atoms with Crippen LogP contribution in [-0.4, -0.2) is 160 Å². The third kappa shape index (κ3) is 10.8. The number of imidazole rings is 1. The van der Waals surface area contributed by atoms with Gasteiger partial charge < -0.3 is 66.4 Å². The summed E-state index contributed by atoms with van der Waals surface area (Å²) in [6.45, 7) is 4.16. The lowest BCUT2D eigenvalue weighted by Gasteiger charge is -2.40. The number of aromatic nitrogens is 4. The number of aromatic amines is 1. The second-order valence-electron chi connectivity index (χ2n) is 15.5. The first kappa shape index (κ1) is 45.3. The number of hydrogen-bond acceptors (Lipinski definition) is 16. The highest BCUT2D eigenvalue weighted by Gasteiger charge is 2.45. The van der Waals surface area contributed by atoms with Gasteiger partial charge in [0.05, 0.1) is 25.1 Å². The zero-order valence-electron chi connectivity index (χ0n) is 34.1. The summed E-state index contributed by atoms with van der Waals surface area (Å²) in [6, 6.07) is 2.12. The van der Waals surface area contributed by atoms with Crippen LogP contribution >= 0.6 is 0 Å². The Hall–Kier alpha value is -6.27. The van der Waals surface area contributed by atoms with E-state index in [1.807, 2.05) is 0 Å². The number of aliphatic hydroxyl groups excluding tert-OH is 4. The van der Waals surface area contributed by atoms with Crippen LogP contribution in [0.1, 0.15) is 45.6 Å². The number of carbonyl (C=O) groups is 6. The van der Waals surface area contributed by atoms with Crippen molar-refractivity contribution < 1.29 is 58.7 Å². The summed E-state index contributed by atoms with van der Waals surface area (Å²) in [4.78, 5) is 94.6. The van der Waals surface area contributed by atoms with Crippen LogP contribution in [0.4, 0.5) is 16.3 Å². The maximum atomic E-state index is 13.5. The molecule has 0 spiro atoms. The molecule has 0 bridgehead atoms. The molecule has 0 aliphatic carbocycles. The molecule has 10 N–H and O–H groups in total. The zero-order chi connectivity index (χ0) is 44.7. The third-order valence-corrected chi connectivity index (χ3v) is 10.7. The second-order valence-corrected chi connectivity index (χ2v) is 15.5. The molecule has 334 valence electrons. The number of amides is 6. The standard InChI is InChI=1S/C39H51N11O12/c1-19(2)30(47-27(54)11-13-49-28(55)8-9-29(49)56)36(58)44-20(3)35(57)45-22-6-4-21(5-7-22)16-61-39(60)50-12-10-24(52)32(50)37(59)46-23-14-25(53)38(62-26(23)15-51)48-34-31-33(41-17-40-31)42-18-43-34/h4-9,17-20,23-26,28,30,32,38,51-53,55H,10-16H2,1-3H3,(H,44,58)(H,45,57)(H,46,59)(H,47,54)(H2,40,41,42,43,48)/t20-,23+,24+,25-,26-,28?,30-,32+,38-/m0/s1. The minimum absolute atomic E-state index is 0.0200. The maximum Gasteiger partial charge on any atom is 0.410 e. The first-order valence-corrected chi connectivity index (χ1v) is 20.1. The van der Waals surface area contributed by atoms with E-state index in [-0.39, 0.29) is 44.9 Å².